The van der Waals surface area contributed by atoms with Gasteiger partial charge in [0.15, 0.2) is 5.65 Å². The Morgan fingerprint density at radius 3 is 2.72 bits per heavy atom. The summed E-state index contributed by atoms with van der Waals surface area (Å²) in [4.78, 5) is 28.9. The van der Waals surface area contributed by atoms with E-state index in [0.29, 0.717) is 17.7 Å². The molecule has 2 aliphatic carbocycles. The maximum atomic E-state index is 12.8. The second kappa shape index (κ2) is 9.87. The molecule has 1 amide bonds. The van der Waals surface area contributed by atoms with E-state index in [4.69, 9.17) is 14.7 Å². The van der Waals surface area contributed by atoms with Gasteiger partial charge in [-0.3, -0.25) is 4.79 Å². The number of nitrogens with one attached hydrogen (secondary N) is 1. The van der Waals surface area contributed by atoms with Crippen LogP contribution < -0.4 is 10.1 Å². The predicted molar refractivity (Wildman–Crippen MR) is 137 cm³/mol. The number of carbonyl (C=O) groups excluding carboxylic acids is 1. The number of pyridine rings is 1. The zero-order chi connectivity index (χ0) is 24.5. The van der Waals surface area contributed by atoms with E-state index < -0.39 is 0 Å². The summed E-state index contributed by atoms with van der Waals surface area (Å²) in [6, 6.07) is 4.31. The number of hydrogen-bond donors (Lipinski definition) is 1. The van der Waals surface area contributed by atoms with Gasteiger partial charge in [-0.15, -0.1) is 0 Å². The minimum atomic E-state index is 0.165. The van der Waals surface area contributed by atoms with Gasteiger partial charge in [0, 0.05) is 36.8 Å². The summed E-state index contributed by atoms with van der Waals surface area (Å²) >= 11 is 0. The molecular weight excluding hydrogens is 454 g/mol. The zero-order valence-electron chi connectivity index (χ0n) is 20.8. The van der Waals surface area contributed by atoms with Crippen LogP contribution >= 0.6 is 0 Å². The molecule has 9 nitrogen and oxygen atoms in total. The summed E-state index contributed by atoms with van der Waals surface area (Å²) in [6.45, 7) is 1.87. The molecule has 6 rings (SSSR count). The van der Waals surface area contributed by atoms with Crippen molar-refractivity contribution in [1.82, 2.24) is 29.5 Å². The maximum absolute atomic E-state index is 12.8. The van der Waals surface area contributed by atoms with Crippen molar-refractivity contribution in [3.8, 4) is 5.88 Å². The fourth-order valence-electron chi connectivity index (χ4n) is 5.87. The van der Waals surface area contributed by atoms with Crippen LogP contribution in [0.3, 0.4) is 0 Å². The number of hydrogen-bond acceptors (Lipinski definition) is 7. The molecule has 0 atom stereocenters. The first-order valence-corrected chi connectivity index (χ1v) is 13.2. The van der Waals surface area contributed by atoms with Crippen LogP contribution in [0.4, 0.5) is 5.95 Å². The number of ether oxygens (including phenoxy) is 1. The van der Waals surface area contributed by atoms with Crippen molar-refractivity contribution in [3.63, 3.8) is 0 Å². The molecule has 3 aromatic heterocycles. The normalized spacial score (nSPS) is 22.1. The quantitative estimate of drug-likeness (QED) is 0.583. The minimum Gasteiger partial charge on any atom is -0.480 e. The lowest BCUT2D eigenvalue weighted by atomic mass is 9.85. The first-order chi connectivity index (χ1) is 17.7. The molecule has 1 saturated carbocycles. The average Bonchev–Trinajstić information content (AvgIpc) is 3.57. The first kappa shape index (κ1) is 22.9. The highest BCUT2D eigenvalue weighted by atomic mass is 16.5. The number of anilines is 1. The number of rotatable bonds is 5. The van der Waals surface area contributed by atoms with Crippen LogP contribution in [-0.2, 0) is 11.2 Å². The molecule has 1 N–H and O–H groups in total. The number of nitrogens with zero attached hydrogens (tertiary/aromatic N) is 6. The van der Waals surface area contributed by atoms with E-state index in [2.05, 4.69) is 32.4 Å². The number of carbonyl (C=O) groups is 1. The monoisotopic (exact) mass is 487 g/mol. The fraction of sp³-hybridized carbons (Fsp3) is 0.519. The van der Waals surface area contributed by atoms with E-state index in [1.165, 1.54) is 0 Å². The molecule has 9 heteroatoms. The topological polar surface area (TPSA) is 97.5 Å². The van der Waals surface area contributed by atoms with Crippen LogP contribution in [-0.4, -0.2) is 61.6 Å². The molecule has 0 spiro atoms. The highest BCUT2D eigenvalue weighted by Crippen LogP contribution is 2.37. The van der Waals surface area contributed by atoms with E-state index >= 15 is 0 Å². The van der Waals surface area contributed by atoms with E-state index in [1.807, 2.05) is 12.3 Å². The molecule has 3 aromatic rings. The molecule has 3 aliphatic rings. The van der Waals surface area contributed by atoms with E-state index in [1.54, 1.807) is 18.0 Å². The predicted octanol–water partition coefficient (Wildman–Crippen LogP) is 3.89. The van der Waals surface area contributed by atoms with Gasteiger partial charge in [-0.25, -0.2) is 14.5 Å². The molecule has 0 unspecified atom stereocenters. The van der Waals surface area contributed by atoms with Gasteiger partial charge >= 0.3 is 0 Å². The molecule has 1 saturated heterocycles. The fourth-order valence-corrected chi connectivity index (χ4v) is 5.87. The number of likely N-dealkylation sites (tertiary alicyclic amines) is 1. The van der Waals surface area contributed by atoms with E-state index in [-0.39, 0.29) is 12.0 Å². The number of allylic oxidation sites excluding steroid dienone is 1. The van der Waals surface area contributed by atoms with Gasteiger partial charge in [-0.2, -0.15) is 10.1 Å². The third-order valence-electron chi connectivity index (χ3n) is 7.79. The number of aromatic nitrogens is 5. The number of amides is 1. The maximum Gasteiger partial charge on any atom is 0.226 e. The summed E-state index contributed by atoms with van der Waals surface area (Å²) in [7, 11) is 1.67. The van der Waals surface area contributed by atoms with Crippen molar-refractivity contribution in [3.05, 3.63) is 47.6 Å². The summed E-state index contributed by atoms with van der Waals surface area (Å²) in [6.07, 6.45) is 14.7. The number of methoxy groups -OCH3 is 1. The van der Waals surface area contributed by atoms with Gasteiger partial charge in [-0.05, 0) is 75.5 Å². The molecule has 1 aliphatic heterocycles. The molecule has 188 valence electrons. The van der Waals surface area contributed by atoms with Crippen LogP contribution in [0.5, 0.6) is 5.88 Å². The summed E-state index contributed by atoms with van der Waals surface area (Å²) in [5.74, 6) is 1.73. The second-order valence-electron chi connectivity index (χ2n) is 10.1. The third-order valence-corrected chi connectivity index (χ3v) is 7.79. The van der Waals surface area contributed by atoms with Gasteiger partial charge in [0.05, 0.1) is 18.4 Å². The van der Waals surface area contributed by atoms with Gasteiger partial charge < -0.3 is 15.0 Å². The number of aryl methyl sites for hydroxylation is 1. The van der Waals surface area contributed by atoms with Gasteiger partial charge in [-0.1, -0.05) is 6.08 Å². The third kappa shape index (κ3) is 4.42. The average molecular weight is 488 g/mol. The lowest BCUT2D eigenvalue weighted by Gasteiger charge is -2.31. The molecule has 4 heterocycles. The van der Waals surface area contributed by atoms with Crippen LogP contribution in [0.2, 0.25) is 0 Å². The Balaban J connectivity index is 1.21. The van der Waals surface area contributed by atoms with Gasteiger partial charge in [0.2, 0.25) is 17.7 Å². The Hall–Kier alpha value is -3.49. The van der Waals surface area contributed by atoms with Crippen LogP contribution in [0.25, 0.3) is 11.2 Å². The number of fused-ring (bicyclic) bond motifs is 2. The smallest absolute Gasteiger partial charge is 0.226 e. The molecule has 2 fully saturated rings. The Kier molecular flexibility index (Phi) is 6.29. The van der Waals surface area contributed by atoms with Crippen LogP contribution in [0.15, 0.2) is 30.7 Å². The first-order valence-electron chi connectivity index (χ1n) is 13.2. The minimum absolute atomic E-state index is 0.165. The van der Waals surface area contributed by atoms with Crippen molar-refractivity contribution in [2.45, 2.75) is 63.8 Å². The summed E-state index contributed by atoms with van der Waals surface area (Å²) in [5.41, 5.74) is 4.89. The van der Waals surface area contributed by atoms with Gasteiger partial charge in [0.25, 0.3) is 0 Å². The largest absolute Gasteiger partial charge is 0.480 e. The van der Waals surface area contributed by atoms with Crippen LogP contribution in [0, 0.1) is 5.92 Å². The van der Waals surface area contributed by atoms with Crippen molar-refractivity contribution in [2.24, 2.45) is 5.92 Å². The standard InChI is InChI=1S/C27H33N7O2/c1-36-25-24-21(19-10-13-23-28-17-29-34(23)16-19)6-2-3-7-22(24)31-27(32-25)30-20-11-8-18(9-12-20)26(35)33-14-4-5-15-33/h6,10,13,16-18,20H,2-5,7-9,11-12,14-15H2,1H3,(H,30,31,32). The van der Waals surface area contributed by atoms with E-state index in [9.17, 15) is 4.79 Å². The Bertz CT molecular complexity index is 1290. The van der Waals surface area contributed by atoms with Crippen LogP contribution in [0.1, 0.15) is 68.2 Å². The Morgan fingerprint density at radius 1 is 1.08 bits per heavy atom. The Labute approximate surface area is 211 Å². The molecule has 0 radical (unpaired) electrons. The highest BCUT2D eigenvalue weighted by molar-refractivity contribution is 5.84. The lowest BCUT2D eigenvalue weighted by molar-refractivity contribution is -0.135. The summed E-state index contributed by atoms with van der Waals surface area (Å²) < 4.78 is 7.60. The Morgan fingerprint density at radius 2 is 1.92 bits per heavy atom. The lowest BCUT2D eigenvalue weighted by Crippen LogP contribution is -2.37. The molecule has 36 heavy (non-hydrogen) atoms. The van der Waals surface area contributed by atoms with Crippen molar-refractivity contribution < 1.29 is 9.53 Å². The molecule has 0 aromatic carbocycles. The van der Waals surface area contributed by atoms with Crippen molar-refractivity contribution in [2.75, 3.05) is 25.5 Å². The molecular formula is C27H33N7O2. The zero-order valence-corrected chi connectivity index (χ0v) is 20.8. The SMILES string of the molecule is COc1nc(NC2CCC(C(=O)N3CCCC3)CC2)nc2c1C(c1ccc3ncnn3c1)=CCCC2. The van der Waals surface area contributed by atoms with E-state index in [0.717, 1.165) is 98.9 Å². The second-order valence-corrected chi connectivity index (χ2v) is 10.1. The highest BCUT2D eigenvalue weighted by Gasteiger charge is 2.31. The van der Waals surface area contributed by atoms with Crippen molar-refractivity contribution in [1.29, 1.82) is 0 Å². The van der Waals surface area contributed by atoms with Crippen molar-refractivity contribution >= 4 is 23.1 Å². The summed E-state index contributed by atoms with van der Waals surface area (Å²) in [5, 5.41) is 7.86. The van der Waals surface area contributed by atoms with Gasteiger partial charge in [0.1, 0.15) is 6.33 Å². The molecule has 0 bridgehead atoms.